The zero-order valence-electron chi connectivity index (χ0n) is 11.2. The Morgan fingerprint density at radius 2 is 2.16 bits per heavy atom. The highest BCUT2D eigenvalue weighted by atomic mass is 19.1. The maximum absolute atomic E-state index is 13.2. The molecule has 0 radical (unpaired) electrons. The Morgan fingerprint density at radius 3 is 2.84 bits per heavy atom. The fraction of sp³-hybridized carbons (Fsp3) is 0.533. The van der Waals surface area contributed by atoms with Crippen molar-refractivity contribution in [3.63, 3.8) is 0 Å². The normalized spacial score (nSPS) is 23.1. The number of halogens is 1. The highest BCUT2D eigenvalue weighted by Crippen LogP contribution is 2.24. The highest BCUT2D eigenvalue weighted by molar-refractivity contribution is 5.94. The molecule has 3 nitrogen and oxygen atoms in total. The number of amides is 1. The van der Waals surface area contributed by atoms with E-state index in [1.807, 2.05) is 0 Å². The van der Waals surface area contributed by atoms with Crippen molar-refractivity contribution in [1.29, 1.82) is 0 Å². The SMILES string of the molecule is Cc1cc(C(=O)NC2CCCCC2CO)ccc1F. The van der Waals surface area contributed by atoms with Crippen molar-refractivity contribution >= 4 is 5.91 Å². The fourth-order valence-corrected chi connectivity index (χ4v) is 2.65. The Morgan fingerprint density at radius 1 is 1.42 bits per heavy atom. The average molecular weight is 265 g/mol. The lowest BCUT2D eigenvalue weighted by atomic mass is 9.85. The smallest absolute Gasteiger partial charge is 0.251 e. The van der Waals surface area contributed by atoms with Gasteiger partial charge in [-0.15, -0.1) is 0 Å². The van der Waals surface area contributed by atoms with E-state index >= 15 is 0 Å². The summed E-state index contributed by atoms with van der Waals surface area (Å²) in [6.07, 6.45) is 4.03. The number of rotatable bonds is 3. The number of hydrogen-bond acceptors (Lipinski definition) is 2. The molecule has 0 heterocycles. The minimum absolute atomic E-state index is 0.0246. The van der Waals surface area contributed by atoms with Crippen molar-refractivity contribution in [3.05, 3.63) is 35.1 Å². The molecule has 19 heavy (non-hydrogen) atoms. The van der Waals surface area contributed by atoms with Crippen molar-refractivity contribution in [2.75, 3.05) is 6.61 Å². The summed E-state index contributed by atoms with van der Waals surface area (Å²) in [4.78, 5) is 12.1. The first kappa shape index (κ1) is 14.0. The number of nitrogens with one attached hydrogen (secondary N) is 1. The Kier molecular flexibility index (Phi) is 4.53. The molecule has 104 valence electrons. The summed E-state index contributed by atoms with van der Waals surface area (Å²) >= 11 is 0. The Labute approximate surface area is 112 Å². The van der Waals surface area contributed by atoms with Gasteiger partial charge >= 0.3 is 0 Å². The summed E-state index contributed by atoms with van der Waals surface area (Å²) < 4.78 is 13.2. The molecule has 0 bridgehead atoms. The van der Waals surface area contributed by atoms with Gasteiger partial charge in [0, 0.05) is 24.1 Å². The second-order valence-corrected chi connectivity index (χ2v) is 5.27. The van der Waals surface area contributed by atoms with Crippen LogP contribution in [0.1, 0.15) is 41.6 Å². The van der Waals surface area contributed by atoms with Crippen LogP contribution in [-0.2, 0) is 0 Å². The van der Waals surface area contributed by atoms with Gasteiger partial charge in [0.25, 0.3) is 5.91 Å². The largest absolute Gasteiger partial charge is 0.396 e. The van der Waals surface area contributed by atoms with E-state index in [2.05, 4.69) is 5.32 Å². The Bertz CT molecular complexity index is 461. The third kappa shape index (κ3) is 3.32. The molecule has 0 saturated heterocycles. The minimum atomic E-state index is -0.303. The van der Waals surface area contributed by atoms with Crippen LogP contribution in [0.3, 0.4) is 0 Å². The standard InChI is InChI=1S/C15H20FNO2/c1-10-8-11(6-7-13(10)16)15(19)17-14-5-3-2-4-12(14)9-18/h6-8,12,14,18H,2-5,9H2,1H3,(H,17,19). The van der Waals surface area contributed by atoms with Gasteiger partial charge in [0.15, 0.2) is 0 Å². The molecule has 2 N–H and O–H groups in total. The molecule has 2 rings (SSSR count). The van der Waals surface area contributed by atoms with Crippen LogP contribution in [0.15, 0.2) is 18.2 Å². The predicted molar refractivity (Wildman–Crippen MR) is 71.4 cm³/mol. The van der Waals surface area contributed by atoms with Crippen molar-refractivity contribution in [1.82, 2.24) is 5.32 Å². The third-order valence-corrected chi connectivity index (χ3v) is 3.88. The molecule has 2 unspecified atom stereocenters. The Hall–Kier alpha value is -1.42. The number of carbonyl (C=O) groups excluding carboxylic acids is 1. The summed E-state index contributed by atoms with van der Waals surface area (Å²) in [6, 6.07) is 4.39. The molecular formula is C15H20FNO2. The lowest BCUT2D eigenvalue weighted by Crippen LogP contribution is -2.43. The Balaban J connectivity index is 2.05. The third-order valence-electron chi connectivity index (χ3n) is 3.88. The lowest BCUT2D eigenvalue weighted by molar-refractivity contribution is 0.0872. The molecule has 1 saturated carbocycles. The van der Waals surface area contributed by atoms with Gasteiger partial charge in [0.2, 0.25) is 0 Å². The molecule has 0 aromatic heterocycles. The fourth-order valence-electron chi connectivity index (χ4n) is 2.65. The first-order valence-corrected chi connectivity index (χ1v) is 6.79. The van der Waals surface area contributed by atoms with E-state index in [1.165, 1.54) is 12.1 Å². The molecule has 1 aromatic rings. The second-order valence-electron chi connectivity index (χ2n) is 5.27. The van der Waals surface area contributed by atoms with Gasteiger partial charge in [-0.2, -0.15) is 0 Å². The summed E-state index contributed by atoms with van der Waals surface area (Å²) in [6.45, 7) is 1.75. The zero-order valence-corrected chi connectivity index (χ0v) is 11.2. The zero-order chi connectivity index (χ0) is 13.8. The van der Waals surface area contributed by atoms with Gasteiger partial charge in [-0.1, -0.05) is 12.8 Å². The molecule has 1 fully saturated rings. The molecule has 0 aliphatic heterocycles. The van der Waals surface area contributed by atoms with E-state index in [0.717, 1.165) is 25.7 Å². The van der Waals surface area contributed by atoms with E-state index in [9.17, 15) is 14.3 Å². The molecule has 1 aliphatic carbocycles. The number of aliphatic hydroxyl groups is 1. The highest BCUT2D eigenvalue weighted by Gasteiger charge is 2.26. The van der Waals surface area contributed by atoms with Crippen molar-refractivity contribution < 1.29 is 14.3 Å². The van der Waals surface area contributed by atoms with Gasteiger partial charge in [-0.25, -0.2) is 4.39 Å². The van der Waals surface area contributed by atoms with Crippen LogP contribution in [-0.4, -0.2) is 23.7 Å². The average Bonchev–Trinajstić information content (AvgIpc) is 2.42. The predicted octanol–water partition coefficient (Wildman–Crippen LogP) is 2.42. The van der Waals surface area contributed by atoms with E-state index in [-0.39, 0.29) is 30.3 Å². The quantitative estimate of drug-likeness (QED) is 0.881. The van der Waals surface area contributed by atoms with Gasteiger partial charge in [-0.05, 0) is 43.5 Å². The first-order chi connectivity index (χ1) is 9.11. The van der Waals surface area contributed by atoms with Gasteiger partial charge in [0.1, 0.15) is 5.82 Å². The first-order valence-electron chi connectivity index (χ1n) is 6.79. The molecule has 2 atom stereocenters. The number of hydrogen-bond donors (Lipinski definition) is 2. The minimum Gasteiger partial charge on any atom is -0.396 e. The van der Waals surface area contributed by atoms with Crippen LogP contribution >= 0.6 is 0 Å². The number of benzene rings is 1. The van der Waals surface area contributed by atoms with Gasteiger partial charge in [0.05, 0.1) is 0 Å². The maximum atomic E-state index is 13.2. The monoisotopic (exact) mass is 265 g/mol. The van der Waals surface area contributed by atoms with Crippen LogP contribution in [0.5, 0.6) is 0 Å². The summed E-state index contributed by atoms with van der Waals surface area (Å²) in [7, 11) is 0. The van der Waals surface area contributed by atoms with E-state index in [1.54, 1.807) is 13.0 Å². The van der Waals surface area contributed by atoms with Gasteiger partial charge in [-0.3, -0.25) is 4.79 Å². The molecular weight excluding hydrogens is 245 g/mol. The molecule has 1 aliphatic rings. The van der Waals surface area contributed by atoms with E-state index < -0.39 is 0 Å². The number of aryl methyl sites for hydroxylation is 1. The molecule has 4 heteroatoms. The van der Waals surface area contributed by atoms with E-state index in [0.29, 0.717) is 11.1 Å². The second kappa shape index (κ2) is 6.15. The molecule has 0 spiro atoms. The summed E-state index contributed by atoms with van der Waals surface area (Å²) in [5.74, 6) is -0.352. The van der Waals surface area contributed by atoms with Crippen molar-refractivity contribution in [2.45, 2.75) is 38.6 Å². The van der Waals surface area contributed by atoms with Crippen molar-refractivity contribution in [2.24, 2.45) is 5.92 Å². The number of aliphatic hydroxyl groups excluding tert-OH is 1. The summed E-state index contributed by atoms with van der Waals surface area (Å²) in [5, 5.41) is 12.3. The molecule has 1 amide bonds. The molecule has 1 aromatic carbocycles. The number of carbonyl (C=O) groups is 1. The summed E-state index contributed by atoms with van der Waals surface area (Å²) in [5.41, 5.74) is 0.941. The van der Waals surface area contributed by atoms with Crippen molar-refractivity contribution in [3.8, 4) is 0 Å². The topological polar surface area (TPSA) is 49.3 Å². The van der Waals surface area contributed by atoms with Gasteiger partial charge < -0.3 is 10.4 Å². The van der Waals surface area contributed by atoms with Crippen LogP contribution in [0.2, 0.25) is 0 Å². The van der Waals surface area contributed by atoms with E-state index in [4.69, 9.17) is 0 Å². The van der Waals surface area contributed by atoms with Crippen LogP contribution in [0, 0.1) is 18.7 Å². The van der Waals surface area contributed by atoms with Crippen LogP contribution in [0.25, 0.3) is 0 Å². The van der Waals surface area contributed by atoms with Crippen LogP contribution in [0.4, 0.5) is 4.39 Å². The maximum Gasteiger partial charge on any atom is 0.251 e. The van der Waals surface area contributed by atoms with Crippen LogP contribution < -0.4 is 5.32 Å². The lowest BCUT2D eigenvalue weighted by Gasteiger charge is -2.30.